The molecule has 6 nitrogen and oxygen atoms in total. The van der Waals surface area contributed by atoms with Crippen molar-refractivity contribution < 1.29 is 19.1 Å². The van der Waals surface area contributed by atoms with Gasteiger partial charge in [0.2, 0.25) is 18.6 Å². The Morgan fingerprint density at radius 3 is 2.69 bits per heavy atom. The second-order valence-electron chi connectivity index (χ2n) is 6.94. The molecule has 1 N–H and O–H groups in total. The van der Waals surface area contributed by atoms with E-state index in [4.69, 9.17) is 9.47 Å². The molecular weight excluding hydrogens is 332 g/mol. The highest BCUT2D eigenvalue weighted by molar-refractivity contribution is 6.18. The molecule has 0 spiro atoms. The number of ether oxygens (including phenoxy) is 2. The van der Waals surface area contributed by atoms with E-state index in [0.29, 0.717) is 36.6 Å². The number of anilines is 2. The molecule has 1 saturated carbocycles. The second-order valence-corrected chi connectivity index (χ2v) is 6.94. The van der Waals surface area contributed by atoms with Gasteiger partial charge in [0.1, 0.15) is 5.41 Å². The van der Waals surface area contributed by atoms with Gasteiger partial charge in [0.15, 0.2) is 11.5 Å². The maximum Gasteiger partial charge on any atom is 0.242 e. The zero-order valence-corrected chi connectivity index (χ0v) is 14.2. The van der Waals surface area contributed by atoms with E-state index in [-0.39, 0.29) is 18.6 Å². The van der Waals surface area contributed by atoms with Crippen LogP contribution in [0.25, 0.3) is 0 Å². The van der Waals surface area contributed by atoms with Crippen LogP contribution < -0.4 is 19.7 Å². The van der Waals surface area contributed by atoms with Crippen molar-refractivity contribution in [3.05, 3.63) is 48.0 Å². The summed E-state index contributed by atoms with van der Waals surface area (Å²) in [6.07, 6.45) is 2.00. The average Bonchev–Trinajstić information content (AvgIpc) is 3.15. The molecule has 2 aliphatic heterocycles. The van der Waals surface area contributed by atoms with E-state index < -0.39 is 5.41 Å². The lowest BCUT2D eigenvalue weighted by atomic mass is 10.0. The number of hydrogen-bond donors (Lipinski definition) is 1. The smallest absolute Gasteiger partial charge is 0.242 e. The SMILES string of the molecule is O=C(Nc1ccc2c(c1)OCO2)C1(C(=O)N2CCc3ccccc32)CC1. The molecule has 132 valence electrons. The Hall–Kier alpha value is -3.02. The summed E-state index contributed by atoms with van der Waals surface area (Å²) < 4.78 is 10.6. The van der Waals surface area contributed by atoms with Crippen molar-refractivity contribution >= 4 is 23.2 Å². The molecule has 3 aliphatic rings. The molecule has 0 aromatic heterocycles. The number of benzene rings is 2. The van der Waals surface area contributed by atoms with Crippen molar-refractivity contribution in [2.45, 2.75) is 19.3 Å². The summed E-state index contributed by atoms with van der Waals surface area (Å²) in [6.45, 7) is 0.820. The van der Waals surface area contributed by atoms with E-state index in [1.165, 1.54) is 0 Å². The lowest BCUT2D eigenvalue weighted by Gasteiger charge is -2.23. The highest BCUT2D eigenvalue weighted by atomic mass is 16.7. The molecular formula is C20H18N2O4. The fraction of sp³-hybridized carbons (Fsp3) is 0.300. The normalized spacial score (nSPS) is 18.4. The lowest BCUT2D eigenvalue weighted by molar-refractivity contribution is -0.132. The molecule has 2 aromatic carbocycles. The van der Waals surface area contributed by atoms with Gasteiger partial charge in [-0.25, -0.2) is 0 Å². The lowest BCUT2D eigenvalue weighted by Crippen LogP contribution is -2.42. The monoisotopic (exact) mass is 350 g/mol. The van der Waals surface area contributed by atoms with Gasteiger partial charge >= 0.3 is 0 Å². The van der Waals surface area contributed by atoms with Crippen LogP contribution in [0.3, 0.4) is 0 Å². The Morgan fingerprint density at radius 1 is 1.04 bits per heavy atom. The van der Waals surface area contributed by atoms with Crippen molar-refractivity contribution in [3.63, 3.8) is 0 Å². The van der Waals surface area contributed by atoms with Crippen molar-refractivity contribution in [1.29, 1.82) is 0 Å². The Labute approximate surface area is 150 Å². The van der Waals surface area contributed by atoms with Crippen molar-refractivity contribution in [3.8, 4) is 11.5 Å². The van der Waals surface area contributed by atoms with Gasteiger partial charge in [-0.1, -0.05) is 18.2 Å². The minimum atomic E-state index is -0.951. The molecule has 6 heteroatoms. The van der Waals surface area contributed by atoms with Gasteiger partial charge in [0.05, 0.1) is 0 Å². The number of para-hydroxylation sites is 1. The molecule has 2 heterocycles. The Morgan fingerprint density at radius 2 is 1.85 bits per heavy atom. The number of carbonyl (C=O) groups is 2. The zero-order chi connectivity index (χ0) is 17.7. The van der Waals surface area contributed by atoms with Crippen LogP contribution in [-0.2, 0) is 16.0 Å². The maximum atomic E-state index is 13.1. The number of hydrogen-bond acceptors (Lipinski definition) is 4. The maximum absolute atomic E-state index is 13.1. The molecule has 0 unspecified atom stereocenters. The molecule has 0 bridgehead atoms. The molecule has 0 atom stereocenters. The Bertz CT molecular complexity index is 920. The van der Waals surface area contributed by atoms with Gasteiger partial charge in [0, 0.05) is 24.0 Å². The van der Waals surface area contributed by atoms with Crippen LogP contribution in [0.5, 0.6) is 11.5 Å². The first kappa shape index (κ1) is 15.3. The van der Waals surface area contributed by atoms with Crippen molar-refractivity contribution in [2.75, 3.05) is 23.6 Å². The van der Waals surface area contributed by atoms with E-state index >= 15 is 0 Å². The predicted octanol–water partition coefficient (Wildman–Crippen LogP) is 2.72. The fourth-order valence-corrected chi connectivity index (χ4v) is 3.70. The summed E-state index contributed by atoms with van der Waals surface area (Å²) in [4.78, 5) is 27.8. The van der Waals surface area contributed by atoms with Crippen LogP contribution in [0.4, 0.5) is 11.4 Å². The number of nitrogens with one attached hydrogen (secondary N) is 1. The minimum absolute atomic E-state index is 0.0966. The molecule has 0 radical (unpaired) electrons. The molecule has 5 rings (SSSR count). The highest BCUT2D eigenvalue weighted by Gasteiger charge is 2.58. The van der Waals surface area contributed by atoms with Gasteiger partial charge in [0.25, 0.3) is 0 Å². The van der Waals surface area contributed by atoms with E-state index in [9.17, 15) is 9.59 Å². The predicted molar refractivity (Wildman–Crippen MR) is 95.4 cm³/mol. The number of rotatable bonds is 3. The molecule has 0 saturated heterocycles. The van der Waals surface area contributed by atoms with Crippen LogP contribution in [-0.4, -0.2) is 25.2 Å². The van der Waals surface area contributed by atoms with Gasteiger partial charge in [-0.2, -0.15) is 0 Å². The Kier molecular flexibility index (Phi) is 3.22. The first-order chi connectivity index (χ1) is 12.7. The summed E-state index contributed by atoms with van der Waals surface area (Å²) in [6, 6.07) is 13.1. The van der Waals surface area contributed by atoms with Crippen LogP contribution >= 0.6 is 0 Å². The summed E-state index contributed by atoms with van der Waals surface area (Å²) >= 11 is 0. The van der Waals surface area contributed by atoms with Crippen LogP contribution in [0.15, 0.2) is 42.5 Å². The standard InChI is InChI=1S/C20H18N2O4/c23-18(21-14-5-6-16-17(11-14)26-12-25-16)20(8-9-20)19(24)22-10-7-13-3-1-2-4-15(13)22/h1-6,11H,7-10,12H2,(H,21,23). The summed E-state index contributed by atoms with van der Waals surface area (Å²) in [5, 5.41) is 2.88. The van der Waals surface area contributed by atoms with Crippen LogP contribution in [0.2, 0.25) is 0 Å². The third kappa shape index (κ3) is 2.25. The van der Waals surface area contributed by atoms with Gasteiger partial charge in [-0.3, -0.25) is 9.59 Å². The molecule has 1 aliphatic carbocycles. The largest absolute Gasteiger partial charge is 0.454 e. The third-order valence-electron chi connectivity index (χ3n) is 5.36. The summed E-state index contributed by atoms with van der Waals surface area (Å²) in [7, 11) is 0. The quantitative estimate of drug-likeness (QED) is 0.865. The average molecular weight is 350 g/mol. The third-order valence-corrected chi connectivity index (χ3v) is 5.36. The number of fused-ring (bicyclic) bond motifs is 2. The van der Waals surface area contributed by atoms with Crippen molar-refractivity contribution in [2.24, 2.45) is 5.41 Å². The van der Waals surface area contributed by atoms with E-state index in [1.807, 2.05) is 24.3 Å². The van der Waals surface area contributed by atoms with Gasteiger partial charge in [-0.05, 0) is 43.0 Å². The highest BCUT2D eigenvalue weighted by Crippen LogP contribution is 2.50. The second kappa shape index (κ2) is 5.49. The first-order valence-electron chi connectivity index (χ1n) is 8.78. The van der Waals surface area contributed by atoms with Gasteiger partial charge < -0.3 is 19.7 Å². The molecule has 2 amide bonds. The first-order valence-corrected chi connectivity index (χ1v) is 8.78. The fourth-order valence-electron chi connectivity index (χ4n) is 3.70. The zero-order valence-electron chi connectivity index (χ0n) is 14.2. The summed E-state index contributed by atoms with van der Waals surface area (Å²) in [5.74, 6) is 0.924. The van der Waals surface area contributed by atoms with Crippen LogP contribution in [0, 0.1) is 5.41 Å². The summed E-state index contributed by atoms with van der Waals surface area (Å²) in [5.41, 5.74) is 1.75. The molecule has 1 fully saturated rings. The van der Waals surface area contributed by atoms with Gasteiger partial charge in [-0.15, -0.1) is 0 Å². The number of nitrogens with zero attached hydrogens (tertiary/aromatic N) is 1. The van der Waals surface area contributed by atoms with E-state index in [1.54, 1.807) is 23.1 Å². The van der Waals surface area contributed by atoms with Crippen LogP contribution in [0.1, 0.15) is 18.4 Å². The van der Waals surface area contributed by atoms with E-state index in [2.05, 4.69) is 5.32 Å². The van der Waals surface area contributed by atoms with E-state index in [0.717, 1.165) is 17.7 Å². The molecule has 2 aromatic rings. The Balaban J connectivity index is 1.36. The van der Waals surface area contributed by atoms with Crippen molar-refractivity contribution in [1.82, 2.24) is 0 Å². The number of carbonyl (C=O) groups excluding carboxylic acids is 2. The minimum Gasteiger partial charge on any atom is -0.454 e. The topological polar surface area (TPSA) is 67.9 Å². The molecule has 26 heavy (non-hydrogen) atoms. The number of amides is 2.